The highest BCUT2D eigenvalue weighted by Gasteiger charge is 2.33. The van der Waals surface area contributed by atoms with Crippen molar-refractivity contribution in [3.05, 3.63) is 59.2 Å². The zero-order chi connectivity index (χ0) is 25.0. The van der Waals surface area contributed by atoms with Crippen molar-refractivity contribution in [1.29, 1.82) is 0 Å². The van der Waals surface area contributed by atoms with Crippen LogP contribution >= 0.6 is 0 Å². The van der Waals surface area contributed by atoms with Gasteiger partial charge in [0.15, 0.2) is 0 Å². The number of fused-ring (bicyclic) bond motifs is 1. The molecule has 2 saturated heterocycles. The number of hydrogen-bond donors (Lipinski definition) is 2. The van der Waals surface area contributed by atoms with E-state index in [4.69, 9.17) is 0 Å². The molecular formula is C27H38N4O3S. The number of carbonyl (C=O) groups excluding carboxylic acids is 1. The average molecular weight is 499 g/mol. The lowest BCUT2D eigenvalue weighted by atomic mass is 9.83. The smallest absolute Gasteiger partial charge is 0.251 e. The fourth-order valence-corrected chi connectivity index (χ4v) is 6.33. The van der Waals surface area contributed by atoms with E-state index >= 15 is 0 Å². The fourth-order valence-electron chi connectivity index (χ4n) is 5.36. The minimum atomic E-state index is -3.69. The molecular weight excluding hydrogens is 460 g/mol. The van der Waals surface area contributed by atoms with E-state index in [1.807, 2.05) is 25.1 Å². The van der Waals surface area contributed by atoms with Crippen LogP contribution in [0.1, 0.15) is 53.6 Å². The van der Waals surface area contributed by atoms with Crippen molar-refractivity contribution < 1.29 is 13.2 Å². The first-order valence-electron chi connectivity index (χ1n) is 12.6. The number of hydrogen-bond acceptors (Lipinski definition) is 5. The number of aryl methyl sites for hydroxylation is 1. The molecule has 0 saturated carbocycles. The molecule has 0 bridgehead atoms. The van der Waals surface area contributed by atoms with Gasteiger partial charge in [0.1, 0.15) is 0 Å². The number of amides is 1. The summed E-state index contributed by atoms with van der Waals surface area (Å²) in [4.78, 5) is 15.9. The van der Waals surface area contributed by atoms with E-state index in [2.05, 4.69) is 21.6 Å². The van der Waals surface area contributed by atoms with Gasteiger partial charge >= 0.3 is 0 Å². The van der Waals surface area contributed by atoms with E-state index < -0.39 is 10.0 Å². The van der Waals surface area contributed by atoms with E-state index in [1.165, 1.54) is 50.2 Å². The first-order valence-corrected chi connectivity index (χ1v) is 14.1. The van der Waals surface area contributed by atoms with Gasteiger partial charge in [0.05, 0.1) is 4.90 Å². The molecule has 0 aliphatic carbocycles. The molecule has 0 aromatic heterocycles. The van der Waals surface area contributed by atoms with Gasteiger partial charge in [-0.1, -0.05) is 36.2 Å². The summed E-state index contributed by atoms with van der Waals surface area (Å²) in [7, 11) is -0.688. The molecule has 0 unspecified atom stereocenters. The Labute approximate surface area is 209 Å². The fraction of sp³-hybridized carbons (Fsp3) is 0.519. The van der Waals surface area contributed by atoms with Gasteiger partial charge < -0.3 is 15.5 Å². The first-order chi connectivity index (χ1) is 16.7. The molecule has 7 nitrogen and oxygen atoms in total. The Bertz CT molecular complexity index is 1150. The van der Waals surface area contributed by atoms with Crippen LogP contribution in [0, 0.1) is 12.8 Å². The molecule has 35 heavy (non-hydrogen) atoms. The molecule has 2 aromatic rings. The third-order valence-electron chi connectivity index (χ3n) is 7.28. The maximum Gasteiger partial charge on any atom is 0.251 e. The molecule has 0 radical (unpaired) electrons. The Morgan fingerprint density at radius 1 is 1.06 bits per heavy atom. The van der Waals surface area contributed by atoms with Gasteiger partial charge in [0, 0.05) is 44.5 Å². The molecule has 1 amide bonds. The van der Waals surface area contributed by atoms with Gasteiger partial charge in [-0.3, -0.25) is 4.79 Å². The van der Waals surface area contributed by atoms with Crippen LogP contribution in [0.25, 0.3) is 0 Å². The van der Waals surface area contributed by atoms with Gasteiger partial charge in [0.2, 0.25) is 10.0 Å². The summed E-state index contributed by atoms with van der Waals surface area (Å²) in [5.41, 5.74) is 3.21. The number of benzene rings is 2. The summed E-state index contributed by atoms with van der Waals surface area (Å²) in [6.07, 6.45) is 6.01. The van der Waals surface area contributed by atoms with Crippen molar-refractivity contribution in [3.8, 4) is 0 Å². The Balaban J connectivity index is 1.51. The third kappa shape index (κ3) is 6.23. The zero-order valence-corrected chi connectivity index (χ0v) is 21.9. The summed E-state index contributed by atoms with van der Waals surface area (Å²) in [6.45, 7) is 5.52. The molecule has 0 spiro atoms. The highest BCUT2D eigenvalue weighted by Crippen LogP contribution is 2.30. The predicted molar refractivity (Wildman–Crippen MR) is 140 cm³/mol. The van der Waals surface area contributed by atoms with Gasteiger partial charge in [-0.15, -0.1) is 0 Å². The number of carbonyl (C=O) groups is 1. The Hall–Kier alpha value is -2.42. The van der Waals surface area contributed by atoms with Crippen molar-refractivity contribution in [2.75, 3.05) is 39.0 Å². The molecule has 2 N–H and O–H groups in total. The zero-order valence-electron chi connectivity index (χ0n) is 21.1. The lowest BCUT2D eigenvalue weighted by Crippen LogP contribution is -2.51. The number of piperidine rings is 2. The SMILES string of the molecule is Cc1cccc(CNc2cc(C(=O)NC[C@@H]3CCCN4CCCC[C@H]34)cc(S(=O)(=O)N(C)C)c2)c1. The van der Waals surface area contributed by atoms with Crippen LogP contribution in [-0.4, -0.2) is 63.3 Å². The summed E-state index contributed by atoms with van der Waals surface area (Å²) in [5, 5.41) is 6.42. The highest BCUT2D eigenvalue weighted by molar-refractivity contribution is 7.89. The standard InChI is InChI=1S/C27H38N4O3S/c1-20-8-6-9-21(14-20)18-28-24-15-23(16-25(17-24)35(33,34)30(2)3)27(32)29-19-22-10-7-13-31-12-5-4-11-26(22)31/h6,8-9,14-17,22,26,28H,4-5,7,10-13,18-19H2,1-3H3,(H,29,32)/t22-,26+/m0/s1. The summed E-state index contributed by atoms with van der Waals surface area (Å²) in [6, 6.07) is 13.5. The number of nitrogens with zero attached hydrogens (tertiary/aromatic N) is 2. The molecule has 8 heteroatoms. The summed E-state index contributed by atoms with van der Waals surface area (Å²) >= 11 is 0. The minimum absolute atomic E-state index is 0.109. The minimum Gasteiger partial charge on any atom is -0.381 e. The largest absolute Gasteiger partial charge is 0.381 e. The maximum atomic E-state index is 13.2. The predicted octanol–water partition coefficient (Wildman–Crippen LogP) is 3.85. The second-order valence-electron chi connectivity index (χ2n) is 10.1. The van der Waals surface area contributed by atoms with Crippen LogP contribution in [0.3, 0.4) is 0 Å². The van der Waals surface area contributed by atoms with Gasteiger partial charge in [-0.05, 0) is 75.4 Å². The molecule has 2 atom stereocenters. The Morgan fingerprint density at radius 3 is 2.63 bits per heavy atom. The third-order valence-corrected chi connectivity index (χ3v) is 9.07. The van der Waals surface area contributed by atoms with Crippen molar-refractivity contribution in [3.63, 3.8) is 0 Å². The second-order valence-corrected chi connectivity index (χ2v) is 12.2. The number of sulfonamides is 1. The van der Waals surface area contributed by atoms with Gasteiger partial charge in [-0.25, -0.2) is 12.7 Å². The van der Waals surface area contributed by atoms with Crippen LogP contribution in [0.15, 0.2) is 47.4 Å². The maximum absolute atomic E-state index is 13.2. The molecule has 2 aliphatic rings. The van der Waals surface area contributed by atoms with E-state index in [1.54, 1.807) is 12.1 Å². The Kier molecular flexibility index (Phi) is 8.14. The van der Waals surface area contributed by atoms with E-state index in [0.717, 1.165) is 30.6 Å². The summed E-state index contributed by atoms with van der Waals surface area (Å²) < 4.78 is 27.0. The van der Waals surface area contributed by atoms with Crippen molar-refractivity contribution in [1.82, 2.24) is 14.5 Å². The monoisotopic (exact) mass is 498 g/mol. The first kappa shape index (κ1) is 25.7. The molecule has 2 aromatic carbocycles. The van der Waals surface area contributed by atoms with Crippen molar-refractivity contribution in [2.45, 2.75) is 56.5 Å². The normalized spacial score (nSPS) is 20.9. The molecule has 2 aliphatic heterocycles. The quantitative estimate of drug-likeness (QED) is 0.578. The lowest BCUT2D eigenvalue weighted by Gasteiger charge is -2.44. The number of nitrogens with one attached hydrogen (secondary N) is 2. The number of rotatable bonds is 8. The number of anilines is 1. The van der Waals surface area contributed by atoms with Crippen LogP contribution in [0.5, 0.6) is 0 Å². The lowest BCUT2D eigenvalue weighted by molar-refractivity contribution is 0.0575. The van der Waals surface area contributed by atoms with Crippen LogP contribution < -0.4 is 10.6 Å². The van der Waals surface area contributed by atoms with Crippen molar-refractivity contribution in [2.24, 2.45) is 5.92 Å². The molecule has 2 fully saturated rings. The van der Waals surface area contributed by atoms with Crippen LogP contribution in [-0.2, 0) is 16.6 Å². The molecule has 2 heterocycles. The van der Waals surface area contributed by atoms with E-state index in [-0.39, 0.29) is 10.8 Å². The van der Waals surface area contributed by atoms with Crippen LogP contribution in [0.2, 0.25) is 0 Å². The van der Waals surface area contributed by atoms with Crippen molar-refractivity contribution >= 4 is 21.6 Å². The van der Waals surface area contributed by atoms with E-state index in [0.29, 0.717) is 36.3 Å². The second kappa shape index (κ2) is 11.1. The average Bonchev–Trinajstić information content (AvgIpc) is 2.85. The van der Waals surface area contributed by atoms with Gasteiger partial charge in [0.25, 0.3) is 5.91 Å². The molecule has 190 valence electrons. The molecule has 4 rings (SSSR count). The topological polar surface area (TPSA) is 81.8 Å². The van der Waals surface area contributed by atoms with E-state index in [9.17, 15) is 13.2 Å². The highest BCUT2D eigenvalue weighted by atomic mass is 32.2. The Morgan fingerprint density at radius 2 is 1.86 bits per heavy atom. The van der Waals surface area contributed by atoms with Gasteiger partial charge in [-0.2, -0.15) is 0 Å². The summed E-state index contributed by atoms with van der Waals surface area (Å²) in [5.74, 6) is 0.216. The van der Waals surface area contributed by atoms with Crippen LogP contribution in [0.4, 0.5) is 5.69 Å².